The quantitative estimate of drug-likeness (QED) is 0.832. The third-order valence-corrected chi connectivity index (χ3v) is 5.88. The van der Waals surface area contributed by atoms with Crippen LogP contribution in [-0.4, -0.2) is 22.3 Å². The summed E-state index contributed by atoms with van der Waals surface area (Å²) < 4.78 is 0. The highest BCUT2D eigenvalue weighted by Gasteiger charge is 2.60. The lowest BCUT2D eigenvalue weighted by atomic mass is 9.78. The Labute approximate surface area is 154 Å². The van der Waals surface area contributed by atoms with Crippen LogP contribution in [0.4, 0.5) is 0 Å². The van der Waals surface area contributed by atoms with Crippen molar-refractivity contribution in [2.45, 2.75) is 44.1 Å². The summed E-state index contributed by atoms with van der Waals surface area (Å²) in [6.07, 6.45) is 6.40. The van der Waals surface area contributed by atoms with Gasteiger partial charge in [0.1, 0.15) is 0 Å². The molecule has 26 heavy (non-hydrogen) atoms. The molecule has 0 bridgehead atoms. The van der Waals surface area contributed by atoms with E-state index in [-0.39, 0.29) is 17.2 Å². The maximum absolute atomic E-state index is 13.3. The predicted molar refractivity (Wildman–Crippen MR) is 99.0 cm³/mol. The van der Waals surface area contributed by atoms with Crippen LogP contribution in [0.1, 0.15) is 42.5 Å². The molecule has 4 heteroatoms. The van der Waals surface area contributed by atoms with E-state index in [0.717, 1.165) is 31.4 Å². The first-order valence-corrected chi connectivity index (χ1v) is 9.38. The average Bonchev–Trinajstić information content (AvgIpc) is 3.40. The predicted octanol–water partition coefficient (Wildman–Crippen LogP) is 3.62. The third-order valence-electron chi connectivity index (χ3n) is 5.88. The van der Waals surface area contributed by atoms with Crippen molar-refractivity contribution in [1.29, 1.82) is 5.26 Å². The zero-order valence-corrected chi connectivity index (χ0v) is 14.9. The van der Waals surface area contributed by atoms with Crippen LogP contribution in [0.5, 0.6) is 0 Å². The molecule has 1 heterocycles. The molecule has 0 aliphatic heterocycles. The van der Waals surface area contributed by atoms with Gasteiger partial charge in [-0.15, -0.1) is 0 Å². The molecule has 1 amide bonds. The van der Waals surface area contributed by atoms with Gasteiger partial charge in [0.15, 0.2) is 0 Å². The monoisotopic (exact) mass is 345 g/mol. The van der Waals surface area contributed by atoms with Gasteiger partial charge in [0.2, 0.25) is 5.91 Å². The Kier molecular flexibility index (Phi) is 4.46. The van der Waals surface area contributed by atoms with Crippen molar-refractivity contribution in [3.63, 3.8) is 0 Å². The van der Waals surface area contributed by atoms with E-state index in [2.05, 4.69) is 35.3 Å². The first kappa shape index (κ1) is 16.8. The lowest BCUT2D eigenvalue weighted by Gasteiger charge is -2.28. The van der Waals surface area contributed by atoms with E-state index < -0.39 is 0 Å². The highest BCUT2D eigenvalue weighted by atomic mass is 16.2. The SMILES string of the molecule is N#CCCN(Cc1ccccn1)C(=O)[C@@H]1C[C@@]12CCCc1ccccc12. The van der Waals surface area contributed by atoms with E-state index >= 15 is 0 Å². The smallest absolute Gasteiger partial charge is 0.227 e. The minimum absolute atomic E-state index is 0.0287. The molecule has 4 nitrogen and oxygen atoms in total. The van der Waals surface area contributed by atoms with E-state index in [1.807, 2.05) is 23.1 Å². The molecule has 2 aliphatic rings. The number of fused-ring (bicyclic) bond motifs is 2. The number of benzene rings is 1. The number of aryl methyl sites for hydroxylation is 1. The van der Waals surface area contributed by atoms with Gasteiger partial charge in [-0.2, -0.15) is 5.26 Å². The van der Waals surface area contributed by atoms with E-state index in [1.165, 1.54) is 11.1 Å². The topological polar surface area (TPSA) is 57.0 Å². The lowest BCUT2D eigenvalue weighted by Crippen LogP contribution is -2.35. The summed E-state index contributed by atoms with van der Waals surface area (Å²) in [6, 6.07) is 16.5. The summed E-state index contributed by atoms with van der Waals surface area (Å²) in [6.45, 7) is 0.954. The van der Waals surface area contributed by atoms with E-state index in [9.17, 15) is 4.79 Å². The van der Waals surface area contributed by atoms with Gasteiger partial charge in [-0.05, 0) is 48.9 Å². The van der Waals surface area contributed by atoms with Gasteiger partial charge in [0.25, 0.3) is 0 Å². The number of pyridine rings is 1. The molecule has 1 aromatic heterocycles. The maximum atomic E-state index is 13.3. The minimum atomic E-state index is 0.0287. The number of hydrogen-bond acceptors (Lipinski definition) is 3. The maximum Gasteiger partial charge on any atom is 0.227 e. The zero-order chi connectivity index (χ0) is 18.0. The normalized spacial score (nSPS) is 23.1. The van der Waals surface area contributed by atoms with Crippen LogP contribution in [0.25, 0.3) is 0 Å². The summed E-state index contributed by atoms with van der Waals surface area (Å²) in [5.74, 6) is 0.231. The van der Waals surface area contributed by atoms with Crippen molar-refractivity contribution in [3.05, 3.63) is 65.5 Å². The van der Waals surface area contributed by atoms with Crippen LogP contribution in [0.15, 0.2) is 48.7 Å². The largest absolute Gasteiger partial charge is 0.335 e. The van der Waals surface area contributed by atoms with Gasteiger partial charge in [0.05, 0.1) is 24.7 Å². The van der Waals surface area contributed by atoms with Crippen molar-refractivity contribution < 1.29 is 4.79 Å². The molecule has 1 spiro atoms. The van der Waals surface area contributed by atoms with Gasteiger partial charge in [0, 0.05) is 24.1 Å². The summed E-state index contributed by atoms with van der Waals surface area (Å²) in [7, 11) is 0. The number of amides is 1. The molecule has 0 saturated heterocycles. The second-order valence-corrected chi connectivity index (χ2v) is 7.41. The fourth-order valence-corrected chi connectivity index (χ4v) is 4.52. The number of nitriles is 1. The molecule has 1 fully saturated rings. The van der Waals surface area contributed by atoms with Crippen LogP contribution < -0.4 is 0 Å². The van der Waals surface area contributed by atoms with E-state index in [1.54, 1.807) is 6.20 Å². The van der Waals surface area contributed by atoms with Crippen LogP contribution in [0.2, 0.25) is 0 Å². The zero-order valence-electron chi connectivity index (χ0n) is 14.9. The average molecular weight is 345 g/mol. The Hall–Kier alpha value is -2.67. The van der Waals surface area contributed by atoms with Crippen molar-refractivity contribution in [3.8, 4) is 6.07 Å². The number of rotatable bonds is 5. The van der Waals surface area contributed by atoms with Crippen molar-refractivity contribution in [1.82, 2.24) is 9.88 Å². The molecule has 0 N–H and O–H groups in total. The van der Waals surface area contributed by atoms with Gasteiger partial charge >= 0.3 is 0 Å². The Morgan fingerprint density at radius 1 is 1.27 bits per heavy atom. The molecule has 0 radical (unpaired) electrons. The van der Waals surface area contributed by atoms with Gasteiger partial charge in [-0.1, -0.05) is 30.3 Å². The molecule has 1 saturated carbocycles. The molecular weight excluding hydrogens is 322 g/mol. The molecule has 4 rings (SSSR count). The fourth-order valence-electron chi connectivity index (χ4n) is 4.52. The first-order chi connectivity index (χ1) is 12.7. The summed E-state index contributed by atoms with van der Waals surface area (Å²) in [4.78, 5) is 19.5. The van der Waals surface area contributed by atoms with E-state index in [0.29, 0.717) is 19.5 Å². The number of aromatic nitrogens is 1. The Morgan fingerprint density at radius 2 is 2.12 bits per heavy atom. The lowest BCUT2D eigenvalue weighted by molar-refractivity contribution is -0.133. The van der Waals surface area contributed by atoms with Gasteiger partial charge in [-0.25, -0.2) is 0 Å². The Balaban J connectivity index is 1.55. The van der Waals surface area contributed by atoms with Crippen molar-refractivity contribution in [2.75, 3.05) is 6.54 Å². The molecule has 0 unspecified atom stereocenters. The molecule has 2 aromatic rings. The fraction of sp³-hybridized carbons (Fsp3) is 0.409. The Bertz CT molecular complexity index is 842. The molecule has 2 atom stereocenters. The highest BCUT2D eigenvalue weighted by Crippen LogP contribution is 2.60. The summed E-state index contributed by atoms with van der Waals surface area (Å²) >= 11 is 0. The Morgan fingerprint density at radius 3 is 2.92 bits per heavy atom. The minimum Gasteiger partial charge on any atom is -0.335 e. The van der Waals surface area contributed by atoms with Gasteiger partial charge in [-0.3, -0.25) is 9.78 Å². The molecular formula is C22H23N3O. The summed E-state index contributed by atoms with van der Waals surface area (Å²) in [5, 5.41) is 8.99. The number of hydrogen-bond donors (Lipinski definition) is 0. The third kappa shape index (κ3) is 2.99. The van der Waals surface area contributed by atoms with Gasteiger partial charge < -0.3 is 4.90 Å². The number of carbonyl (C=O) groups excluding carboxylic acids is 1. The first-order valence-electron chi connectivity index (χ1n) is 9.38. The van der Waals surface area contributed by atoms with Crippen molar-refractivity contribution in [2.24, 2.45) is 5.92 Å². The number of nitrogens with zero attached hydrogens (tertiary/aromatic N) is 3. The highest BCUT2D eigenvalue weighted by molar-refractivity contribution is 5.84. The van der Waals surface area contributed by atoms with Crippen LogP contribution in [0.3, 0.4) is 0 Å². The molecule has 2 aliphatic carbocycles. The second kappa shape index (κ2) is 6.92. The standard InChI is InChI=1S/C22H23N3O/c23-12-6-14-25(16-18-9-3-4-13-24-18)21(26)20-15-22(20)11-5-8-17-7-1-2-10-19(17)22/h1-4,7,9-10,13,20H,5-6,8,11,14-16H2/t20-,22+/m0/s1. The molecule has 1 aromatic carbocycles. The van der Waals surface area contributed by atoms with Crippen LogP contribution in [0, 0.1) is 17.2 Å². The van der Waals surface area contributed by atoms with Crippen LogP contribution in [-0.2, 0) is 23.2 Å². The second-order valence-electron chi connectivity index (χ2n) is 7.41. The van der Waals surface area contributed by atoms with Crippen molar-refractivity contribution >= 4 is 5.91 Å². The summed E-state index contributed by atoms with van der Waals surface area (Å²) in [5.41, 5.74) is 3.68. The van der Waals surface area contributed by atoms with E-state index in [4.69, 9.17) is 5.26 Å². The van der Waals surface area contributed by atoms with Crippen LogP contribution >= 0.6 is 0 Å². The molecule has 132 valence electrons. The number of carbonyl (C=O) groups is 1.